The number of hydrogen-bond acceptors (Lipinski definition) is 4. The molecule has 2 heterocycles. The minimum absolute atomic E-state index is 0.0653. The first kappa shape index (κ1) is 19.6. The van der Waals surface area contributed by atoms with Gasteiger partial charge in [0, 0.05) is 24.4 Å². The van der Waals surface area contributed by atoms with E-state index in [0.717, 1.165) is 25.1 Å². The number of carbonyl (C=O) groups excluding carboxylic acids is 2. The minimum atomic E-state index is -0.648. The Morgan fingerprint density at radius 1 is 1.23 bits per heavy atom. The van der Waals surface area contributed by atoms with E-state index in [2.05, 4.69) is 40.4 Å². The van der Waals surface area contributed by atoms with Crippen molar-refractivity contribution in [2.75, 3.05) is 12.4 Å². The number of aromatic amines is 1. The number of amides is 3. The number of likely N-dealkylation sites (N-methyl/N-ethyl adjacent to an activating group) is 1. The highest BCUT2D eigenvalue weighted by atomic mass is 16.2. The molecule has 3 saturated carbocycles. The lowest BCUT2D eigenvalue weighted by Gasteiger charge is -2.60. The second-order valence-corrected chi connectivity index (χ2v) is 10.3. The Kier molecular flexibility index (Phi) is 4.28. The first-order valence-corrected chi connectivity index (χ1v) is 11.2. The third-order valence-electron chi connectivity index (χ3n) is 9.20. The number of nitrogens with one attached hydrogen (secondary N) is 2. The first-order chi connectivity index (χ1) is 14.2. The molecule has 30 heavy (non-hydrogen) atoms. The molecular formula is C22H32N6O2. The van der Waals surface area contributed by atoms with Crippen LogP contribution in [0, 0.1) is 28.6 Å². The maximum atomic E-state index is 12.2. The molecule has 0 aromatic carbocycles. The van der Waals surface area contributed by atoms with Gasteiger partial charge < -0.3 is 10.6 Å². The standard InChI is InChI=1S/C22H32N6O2/c1-21-10-8-14-12(4-7-16-22(14,2)11-9-17(29)28(16)3)13(21)5-6-15(21)18-24-20(27-26-18)25-19(23)30/h9,11-16H,4-8,10H2,1-3H3,(H4,23,24,25,26,27,30)/t12?,13-,14?,15+,16+,21-,22+/m0/s1. The van der Waals surface area contributed by atoms with Crippen LogP contribution in [0.25, 0.3) is 0 Å². The fraction of sp³-hybridized carbons (Fsp3) is 0.727. The van der Waals surface area contributed by atoms with E-state index < -0.39 is 6.03 Å². The number of primary amides is 1. The summed E-state index contributed by atoms with van der Waals surface area (Å²) in [6.45, 7) is 4.80. The van der Waals surface area contributed by atoms with Crippen molar-refractivity contribution in [3.05, 3.63) is 18.0 Å². The van der Waals surface area contributed by atoms with Crippen LogP contribution in [0.2, 0.25) is 0 Å². The molecule has 0 spiro atoms. The number of nitrogens with two attached hydrogens (primary N) is 1. The summed E-state index contributed by atoms with van der Waals surface area (Å²) >= 11 is 0. The molecule has 162 valence electrons. The quantitative estimate of drug-likeness (QED) is 0.692. The zero-order chi connectivity index (χ0) is 21.3. The van der Waals surface area contributed by atoms with Crippen LogP contribution in [0.5, 0.6) is 0 Å². The van der Waals surface area contributed by atoms with Crippen molar-refractivity contribution in [2.24, 2.45) is 34.3 Å². The van der Waals surface area contributed by atoms with Crippen LogP contribution in [-0.4, -0.2) is 45.1 Å². The summed E-state index contributed by atoms with van der Waals surface area (Å²) in [5.74, 6) is 3.51. The van der Waals surface area contributed by atoms with Gasteiger partial charge in [-0.2, -0.15) is 4.98 Å². The van der Waals surface area contributed by atoms with Gasteiger partial charge in [0.05, 0.1) is 0 Å². The molecule has 3 fully saturated rings. The average molecular weight is 413 g/mol. The molecule has 0 saturated heterocycles. The number of carbonyl (C=O) groups is 2. The van der Waals surface area contributed by atoms with Crippen molar-refractivity contribution < 1.29 is 9.59 Å². The molecule has 4 aliphatic rings. The summed E-state index contributed by atoms with van der Waals surface area (Å²) in [6, 6.07) is -0.333. The van der Waals surface area contributed by atoms with E-state index in [1.807, 2.05) is 11.9 Å². The van der Waals surface area contributed by atoms with Crippen LogP contribution in [-0.2, 0) is 4.79 Å². The van der Waals surface area contributed by atoms with Crippen LogP contribution in [0.3, 0.4) is 0 Å². The molecule has 8 heteroatoms. The molecule has 3 aliphatic carbocycles. The zero-order valence-electron chi connectivity index (χ0n) is 18.0. The summed E-state index contributed by atoms with van der Waals surface area (Å²) in [5.41, 5.74) is 5.44. The number of urea groups is 1. The Hall–Kier alpha value is -2.38. The number of nitrogens with zero attached hydrogens (tertiary/aromatic N) is 3. The van der Waals surface area contributed by atoms with Crippen LogP contribution >= 0.6 is 0 Å². The maximum absolute atomic E-state index is 12.2. The summed E-state index contributed by atoms with van der Waals surface area (Å²) in [7, 11) is 1.97. The minimum Gasteiger partial charge on any atom is -0.351 e. The second-order valence-electron chi connectivity index (χ2n) is 10.3. The second kappa shape index (κ2) is 6.56. The molecule has 8 nitrogen and oxygen atoms in total. The van der Waals surface area contributed by atoms with Crippen molar-refractivity contribution in [3.63, 3.8) is 0 Å². The Morgan fingerprint density at radius 3 is 2.80 bits per heavy atom. The molecular weight excluding hydrogens is 380 g/mol. The van der Waals surface area contributed by atoms with Gasteiger partial charge in [-0.05, 0) is 67.8 Å². The molecule has 2 unspecified atom stereocenters. The van der Waals surface area contributed by atoms with E-state index >= 15 is 0 Å². The third kappa shape index (κ3) is 2.65. The van der Waals surface area contributed by atoms with Gasteiger partial charge in [0.1, 0.15) is 5.82 Å². The van der Waals surface area contributed by atoms with Gasteiger partial charge in [-0.25, -0.2) is 4.79 Å². The van der Waals surface area contributed by atoms with Crippen molar-refractivity contribution in [1.29, 1.82) is 0 Å². The summed E-state index contributed by atoms with van der Waals surface area (Å²) in [6.07, 6.45) is 10.9. The summed E-state index contributed by atoms with van der Waals surface area (Å²) < 4.78 is 0. The third-order valence-corrected chi connectivity index (χ3v) is 9.20. The molecule has 4 N–H and O–H groups in total. The Labute approximate surface area is 177 Å². The van der Waals surface area contributed by atoms with Crippen LogP contribution in [0.15, 0.2) is 12.2 Å². The lowest BCUT2D eigenvalue weighted by atomic mass is 9.47. The smallest absolute Gasteiger partial charge is 0.319 e. The van der Waals surface area contributed by atoms with E-state index in [1.165, 1.54) is 19.3 Å². The highest BCUT2D eigenvalue weighted by Gasteiger charge is 2.61. The van der Waals surface area contributed by atoms with E-state index in [0.29, 0.717) is 29.7 Å². The van der Waals surface area contributed by atoms with Crippen molar-refractivity contribution in [2.45, 2.75) is 64.3 Å². The molecule has 1 aromatic rings. The highest BCUT2D eigenvalue weighted by Crippen LogP contribution is 2.67. The Morgan fingerprint density at radius 2 is 2.03 bits per heavy atom. The molecule has 3 amide bonds. The first-order valence-electron chi connectivity index (χ1n) is 11.2. The molecule has 0 radical (unpaired) electrons. The molecule has 0 bridgehead atoms. The van der Waals surface area contributed by atoms with E-state index in [1.54, 1.807) is 6.08 Å². The summed E-state index contributed by atoms with van der Waals surface area (Å²) in [4.78, 5) is 29.9. The highest BCUT2D eigenvalue weighted by molar-refractivity contribution is 5.89. The van der Waals surface area contributed by atoms with Crippen LogP contribution in [0.1, 0.15) is 64.1 Å². The largest absolute Gasteiger partial charge is 0.351 e. The molecule has 5 rings (SSSR count). The van der Waals surface area contributed by atoms with Gasteiger partial charge in [-0.15, -0.1) is 5.10 Å². The number of hydrogen-bond donors (Lipinski definition) is 3. The van der Waals surface area contributed by atoms with Crippen molar-refractivity contribution >= 4 is 17.9 Å². The van der Waals surface area contributed by atoms with Gasteiger partial charge in [0.2, 0.25) is 11.9 Å². The Bertz CT molecular complexity index is 911. The van der Waals surface area contributed by atoms with Gasteiger partial charge in [0.15, 0.2) is 0 Å². The number of aromatic nitrogens is 3. The fourth-order valence-corrected chi connectivity index (χ4v) is 7.78. The predicted octanol–water partition coefficient (Wildman–Crippen LogP) is 3.02. The van der Waals surface area contributed by atoms with Gasteiger partial charge in [0.25, 0.3) is 0 Å². The van der Waals surface area contributed by atoms with Crippen molar-refractivity contribution in [3.8, 4) is 0 Å². The lowest BCUT2D eigenvalue weighted by molar-refractivity contribution is -0.138. The van der Waals surface area contributed by atoms with Crippen LogP contribution in [0.4, 0.5) is 10.7 Å². The number of rotatable bonds is 2. The van der Waals surface area contributed by atoms with E-state index in [-0.39, 0.29) is 22.7 Å². The predicted molar refractivity (Wildman–Crippen MR) is 112 cm³/mol. The van der Waals surface area contributed by atoms with Crippen LogP contribution < -0.4 is 11.1 Å². The molecule has 7 atom stereocenters. The van der Waals surface area contributed by atoms with Crippen molar-refractivity contribution in [1.82, 2.24) is 20.1 Å². The summed E-state index contributed by atoms with van der Waals surface area (Å²) in [5, 5.41) is 9.66. The van der Waals surface area contributed by atoms with Gasteiger partial charge in [-0.3, -0.25) is 15.2 Å². The average Bonchev–Trinajstić information content (AvgIpc) is 3.28. The topological polar surface area (TPSA) is 117 Å². The maximum Gasteiger partial charge on any atom is 0.319 e. The number of anilines is 1. The van der Waals surface area contributed by atoms with E-state index in [4.69, 9.17) is 5.73 Å². The lowest BCUT2D eigenvalue weighted by Crippen LogP contribution is -2.59. The number of H-pyrrole nitrogens is 1. The molecule has 1 aliphatic heterocycles. The Balaban J connectivity index is 1.42. The van der Waals surface area contributed by atoms with E-state index in [9.17, 15) is 9.59 Å². The normalized spacial score (nSPS) is 42.4. The van der Waals surface area contributed by atoms with Gasteiger partial charge >= 0.3 is 6.03 Å². The molecule has 1 aromatic heterocycles. The fourth-order valence-electron chi connectivity index (χ4n) is 7.78. The zero-order valence-corrected chi connectivity index (χ0v) is 18.0. The number of fused-ring (bicyclic) bond motifs is 5. The SMILES string of the molecule is CN1C(=O)C=C[C@]2(C)C3CC[C@]4(C)[C@@H](c5nc(NC(N)=O)n[nH]5)CC[C@H]4C3CC[C@@H]12. The van der Waals surface area contributed by atoms with Gasteiger partial charge in [-0.1, -0.05) is 19.9 Å². The monoisotopic (exact) mass is 412 g/mol.